The third kappa shape index (κ3) is 2.91. The lowest BCUT2D eigenvalue weighted by atomic mass is 10.1. The van der Waals surface area contributed by atoms with Crippen LogP contribution in [0.2, 0.25) is 0 Å². The number of nitrogens with zero attached hydrogens (tertiary/aromatic N) is 4. The van der Waals surface area contributed by atoms with E-state index >= 15 is 0 Å². The van der Waals surface area contributed by atoms with Crippen molar-refractivity contribution in [3.05, 3.63) is 18.7 Å². The van der Waals surface area contributed by atoms with Crippen molar-refractivity contribution in [3.8, 4) is 0 Å². The molecule has 17 heavy (non-hydrogen) atoms. The normalized spacial score (nSPS) is 12.8. The van der Waals surface area contributed by atoms with Crippen LogP contribution in [0.15, 0.2) is 18.7 Å². The molecule has 2 aromatic rings. The minimum absolute atomic E-state index is 0.577. The number of nitrogens with two attached hydrogens (primary N) is 1. The van der Waals surface area contributed by atoms with Crippen LogP contribution in [-0.4, -0.2) is 32.7 Å². The van der Waals surface area contributed by atoms with Crippen LogP contribution in [0.4, 0.5) is 5.82 Å². The zero-order chi connectivity index (χ0) is 12.1. The van der Waals surface area contributed by atoms with Gasteiger partial charge in [-0.1, -0.05) is 6.92 Å². The molecule has 0 spiro atoms. The summed E-state index contributed by atoms with van der Waals surface area (Å²) in [7, 11) is 0. The van der Waals surface area contributed by atoms with Crippen molar-refractivity contribution in [1.82, 2.24) is 19.6 Å². The number of fused-ring (bicyclic) bond motifs is 1. The molecule has 2 rings (SSSR count). The maximum Gasteiger partial charge on any atom is 0.203 e. The summed E-state index contributed by atoms with van der Waals surface area (Å²) >= 11 is 0. The van der Waals surface area contributed by atoms with Gasteiger partial charge in [0.05, 0.1) is 0 Å². The summed E-state index contributed by atoms with van der Waals surface area (Å²) in [6.45, 7) is 3.79. The van der Waals surface area contributed by atoms with Gasteiger partial charge in [-0.3, -0.25) is 4.40 Å². The van der Waals surface area contributed by atoms with Gasteiger partial charge >= 0.3 is 0 Å². The van der Waals surface area contributed by atoms with E-state index in [-0.39, 0.29) is 0 Å². The highest BCUT2D eigenvalue weighted by atomic mass is 15.2. The molecule has 1 atom stereocenters. The molecule has 0 bridgehead atoms. The number of aromatic nitrogens is 4. The molecular weight excluding hydrogens is 216 g/mol. The number of nitrogens with one attached hydrogen (secondary N) is 1. The molecule has 6 heteroatoms. The summed E-state index contributed by atoms with van der Waals surface area (Å²) in [5.41, 5.74) is 6.33. The summed E-state index contributed by atoms with van der Waals surface area (Å²) in [6, 6.07) is 0. The Morgan fingerprint density at radius 1 is 1.53 bits per heavy atom. The second-order valence-electron chi connectivity index (χ2n) is 4.25. The molecule has 2 aromatic heterocycles. The van der Waals surface area contributed by atoms with Crippen molar-refractivity contribution in [2.75, 3.05) is 18.4 Å². The van der Waals surface area contributed by atoms with Gasteiger partial charge in [-0.2, -0.15) is 0 Å². The predicted molar refractivity (Wildman–Crippen MR) is 66.7 cm³/mol. The van der Waals surface area contributed by atoms with Crippen LogP contribution in [0.3, 0.4) is 0 Å². The number of hydrogen-bond donors (Lipinski definition) is 2. The van der Waals surface area contributed by atoms with Crippen LogP contribution in [0.1, 0.15) is 19.8 Å². The maximum atomic E-state index is 5.57. The predicted octanol–water partition coefficient (Wildman–Crippen LogP) is 0.911. The molecule has 0 aliphatic rings. The number of anilines is 1. The van der Waals surface area contributed by atoms with Crippen molar-refractivity contribution < 1.29 is 0 Å². The van der Waals surface area contributed by atoms with Crippen LogP contribution >= 0.6 is 0 Å². The Hall–Kier alpha value is -1.69. The van der Waals surface area contributed by atoms with Gasteiger partial charge < -0.3 is 11.1 Å². The summed E-state index contributed by atoms with van der Waals surface area (Å²) in [5.74, 6) is 1.36. The minimum atomic E-state index is 0.577. The van der Waals surface area contributed by atoms with E-state index in [9.17, 15) is 0 Å². The second-order valence-corrected chi connectivity index (χ2v) is 4.25. The summed E-state index contributed by atoms with van der Waals surface area (Å²) in [6.07, 6.45) is 7.44. The summed E-state index contributed by atoms with van der Waals surface area (Å²) in [4.78, 5) is 4.26. The Labute approximate surface area is 100 Å². The number of hydrogen-bond acceptors (Lipinski definition) is 5. The quantitative estimate of drug-likeness (QED) is 0.726. The Bertz CT molecular complexity index is 466. The van der Waals surface area contributed by atoms with E-state index in [1.165, 1.54) is 0 Å². The lowest BCUT2D eigenvalue weighted by molar-refractivity contribution is 0.529. The third-order valence-electron chi connectivity index (χ3n) is 2.78. The van der Waals surface area contributed by atoms with Crippen LogP contribution < -0.4 is 11.1 Å². The van der Waals surface area contributed by atoms with E-state index in [1.54, 1.807) is 12.5 Å². The number of rotatable bonds is 6. The van der Waals surface area contributed by atoms with Gasteiger partial charge in [0.1, 0.15) is 6.33 Å². The first-order chi connectivity index (χ1) is 8.31. The first-order valence-corrected chi connectivity index (χ1v) is 5.89. The van der Waals surface area contributed by atoms with Crippen LogP contribution in [0.25, 0.3) is 5.65 Å². The van der Waals surface area contributed by atoms with Crippen LogP contribution in [0, 0.1) is 5.92 Å². The first kappa shape index (κ1) is 11.8. The molecule has 0 aliphatic heterocycles. The lowest BCUT2D eigenvalue weighted by Gasteiger charge is -2.09. The molecule has 0 saturated carbocycles. The van der Waals surface area contributed by atoms with Crippen molar-refractivity contribution in [2.24, 2.45) is 11.7 Å². The van der Waals surface area contributed by atoms with Gasteiger partial charge in [0.25, 0.3) is 0 Å². The van der Waals surface area contributed by atoms with E-state index in [0.717, 1.165) is 37.4 Å². The molecular formula is C11H18N6. The molecule has 92 valence electrons. The largest absolute Gasteiger partial charge is 0.367 e. The molecule has 0 aromatic carbocycles. The smallest absolute Gasteiger partial charge is 0.203 e. The monoisotopic (exact) mass is 234 g/mol. The highest BCUT2D eigenvalue weighted by molar-refractivity contribution is 5.61. The van der Waals surface area contributed by atoms with Crippen LogP contribution in [0.5, 0.6) is 0 Å². The highest BCUT2D eigenvalue weighted by Gasteiger charge is 2.04. The van der Waals surface area contributed by atoms with Crippen LogP contribution in [-0.2, 0) is 0 Å². The maximum absolute atomic E-state index is 5.57. The molecule has 0 fully saturated rings. The second kappa shape index (κ2) is 5.58. The van der Waals surface area contributed by atoms with Gasteiger partial charge in [-0.25, -0.2) is 4.98 Å². The fraction of sp³-hybridized carbons (Fsp3) is 0.545. The zero-order valence-electron chi connectivity index (χ0n) is 10.0. The van der Waals surface area contributed by atoms with E-state index in [2.05, 4.69) is 27.4 Å². The molecule has 2 heterocycles. The Balaban J connectivity index is 1.88. The summed E-state index contributed by atoms with van der Waals surface area (Å²) in [5, 5.41) is 11.1. The highest BCUT2D eigenvalue weighted by Crippen LogP contribution is 2.10. The molecule has 0 saturated heterocycles. The minimum Gasteiger partial charge on any atom is -0.367 e. The zero-order valence-corrected chi connectivity index (χ0v) is 10.0. The van der Waals surface area contributed by atoms with E-state index < -0.39 is 0 Å². The Kier molecular flexibility index (Phi) is 3.87. The van der Waals surface area contributed by atoms with Gasteiger partial charge in [0, 0.05) is 18.9 Å². The SMILES string of the molecule is CC(CN)CCCNc1nccn2cnnc12. The Morgan fingerprint density at radius 2 is 2.41 bits per heavy atom. The Morgan fingerprint density at radius 3 is 3.24 bits per heavy atom. The van der Waals surface area contributed by atoms with E-state index in [1.807, 2.05) is 10.6 Å². The molecule has 0 aliphatic carbocycles. The fourth-order valence-corrected chi connectivity index (χ4v) is 1.66. The van der Waals surface area contributed by atoms with E-state index in [0.29, 0.717) is 5.92 Å². The van der Waals surface area contributed by atoms with Gasteiger partial charge in [-0.15, -0.1) is 10.2 Å². The van der Waals surface area contributed by atoms with Crippen molar-refractivity contribution in [1.29, 1.82) is 0 Å². The van der Waals surface area contributed by atoms with Crippen molar-refractivity contribution >= 4 is 11.5 Å². The topological polar surface area (TPSA) is 81.1 Å². The van der Waals surface area contributed by atoms with Gasteiger partial charge in [-0.05, 0) is 25.3 Å². The first-order valence-electron chi connectivity index (χ1n) is 5.89. The third-order valence-corrected chi connectivity index (χ3v) is 2.78. The molecule has 3 N–H and O–H groups in total. The van der Waals surface area contributed by atoms with Gasteiger partial charge in [0.2, 0.25) is 5.65 Å². The van der Waals surface area contributed by atoms with Crippen molar-refractivity contribution in [3.63, 3.8) is 0 Å². The standard InChI is InChI=1S/C11H18N6/c1-9(7-12)3-2-4-13-10-11-16-15-8-17(11)6-5-14-10/h5-6,8-9H,2-4,7,12H2,1H3,(H,13,14). The lowest BCUT2D eigenvalue weighted by Crippen LogP contribution is -2.13. The average Bonchev–Trinajstić information content (AvgIpc) is 2.83. The molecule has 1 unspecified atom stereocenters. The fourth-order valence-electron chi connectivity index (χ4n) is 1.66. The average molecular weight is 234 g/mol. The van der Waals surface area contributed by atoms with Crippen molar-refractivity contribution in [2.45, 2.75) is 19.8 Å². The summed E-state index contributed by atoms with van der Waals surface area (Å²) < 4.78 is 1.85. The molecule has 0 amide bonds. The molecule has 6 nitrogen and oxygen atoms in total. The molecule has 0 radical (unpaired) electrons. The van der Waals surface area contributed by atoms with E-state index in [4.69, 9.17) is 5.73 Å². The van der Waals surface area contributed by atoms with Gasteiger partial charge in [0.15, 0.2) is 5.82 Å².